The largest absolute Gasteiger partial charge is 0.380 e. The summed E-state index contributed by atoms with van der Waals surface area (Å²) >= 11 is 5.94. The first-order chi connectivity index (χ1) is 8.36. The van der Waals surface area contributed by atoms with Crippen LogP contribution in [0.5, 0.6) is 0 Å². The number of carbonyl (C=O) groups excluding carboxylic acids is 1. The van der Waals surface area contributed by atoms with E-state index in [1.165, 1.54) is 0 Å². The average molecular weight is 269 g/mol. The van der Waals surface area contributed by atoms with Crippen LogP contribution in [0.15, 0.2) is 30.3 Å². The third-order valence-corrected chi connectivity index (χ3v) is 3.73. The van der Waals surface area contributed by atoms with Crippen molar-refractivity contribution in [3.05, 3.63) is 35.9 Å². The van der Waals surface area contributed by atoms with E-state index in [4.69, 9.17) is 16.3 Å². The molecular formula is C15H21ClO2. The molecule has 0 fully saturated rings. The zero-order chi connectivity index (χ0) is 13.8. The van der Waals surface area contributed by atoms with Gasteiger partial charge in [0, 0.05) is 6.61 Å². The molecule has 0 aliphatic carbocycles. The second-order valence-corrected chi connectivity index (χ2v) is 5.78. The first-order valence-electron chi connectivity index (χ1n) is 6.19. The molecule has 0 heterocycles. The standard InChI is InChI=1S/C15H21ClO2/c1-5-18-11-15(13(16)17,14(2,3)4)12-9-7-6-8-10-12/h6-10H,5,11H2,1-4H3. The summed E-state index contributed by atoms with van der Waals surface area (Å²) in [6.07, 6.45) is 0. The van der Waals surface area contributed by atoms with E-state index in [0.717, 1.165) is 5.56 Å². The highest BCUT2D eigenvalue weighted by Gasteiger charge is 2.49. The fourth-order valence-electron chi connectivity index (χ4n) is 2.18. The number of hydrogen-bond donors (Lipinski definition) is 0. The lowest BCUT2D eigenvalue weighted by Crippen LogP contribution is -2.49. The van der Waals surface area contributed by atoms with Crippen LogP contribution in [-0.4, -0.2) is 18.5 Å². The molecule has 3 heteroatoms. The van der Waals surface area contributed by atoms with E-state index in [1.807, 2.05) is 58.0 Å². The van der Waals surface area contributed by atoms with Gasteiger partial charge in [-0.3, -0.25) is 4.79 Å². The third kappa shape index (κ3) is 2.76. The van der Waals surface area contributed by atoms with E-state index in [-0.39, 0.29) is 10.7 Å². The number of carbonyl (C=O) groups is 1. The topological polar surface area (TPSA) is 26.3 Å². The van der Waals surface area contributed by atoms with Crippen LogP contribution in [-0.2, 0) is 14.9 Å². The number of benzene rings is 1. The summed E-state index contributed by atoms with van der Waals surface area (Å²) in [6.45, 7) is 8.82. The van der Waals surface area contributed by atoms with E-state index in [2.05, 4.69) is 0 Å². The Labute approximate surface area is 114 Å². The van der Waals surface area contributed by atoms with Crippen LogP contribution in [0, 0.1) is 5.41 Å². The van der Waals surface area contributed by atoms with Crippen molar-refractivity contribution in [2.45, 2.75) is 33.1 Å². The molecule has 0 aliphatic heterocycles. The molecule has 0 amide bonds. The highest BCUT2D eigenvalue weighted by molar-refractivity contribution is 6.65. The van der Waals surface area contributed by atoms with Gasteiger partial charge >= 0.3 is 0 Å². The molecular weight excluding hydrogens is 248 g/mol. The van der Waals surface area contributed by atoms with Gasteiger partial charge in [0.1, 0.15) is 0 Å². The van der Waals surface area contributed by atoms with Crippen molar-refractivity contribution in [1.29, 1.82) is 0 Å². The molecule has 0 aliphatic rings. The van der Waals surface area contributed by atoms with E-state index >= 15 is 0 Å². The van der Waals surface area contributed by atoms with Gasteiger partial charge in [-0.1, -0.05) is 51.1 Å². The molecule has 1 atom stereocenters. The Kier molecular flexibility index (Phi) is 4.94. The second-order valence-electron chi connectivity index (χ2n) is 5.43. The summed E-state index contributed by atoms with van der Waals surface area (Å²) < 4.78 is 5.54. The number of hydrogen-bond acceptors (Lipinski definition) is 2. The normalized spacial score (nSPS) is 15.2. The highest BCUT2D eigenvalue weighted by atomic mass is 35.5. The fourth-order valence-corrected chi connectivity index (χ4v) is 2.62. The van der Waals surface area contributed by atoms with Gasteiger partial charge in [0.2, 0.25) is 5.24 Å². The SMILES string of the molecule is CCOCC(C(=O)Cl)(c1ccccc1)C(C)(C)C. The minimum atomic E-state index is -0.814. The lowest BCUT2D eigenvalue weighted by atomic mass is 9.64. The second kappa shape index (κ2) is 5.85. The van der Waals surface area contributed by atoms with Crippen molar-refractivity contribution in [3.63, 3.8) is 0 Å². The predicted molar refractivity (Wildman–Crippen MR) is 74.9 cm³/mol. The predicted octanol–water partition coefficient (Wildman–Crippen LogP) is 3.77. The van der Waals surface area contributed by atoms with Crippen molar-refractivity contribution >= 4 is 16.8 Å². The lowest BCUT2D eigenvalue weighted by Gasteiger charge is -2.42. The summed E-state index contributed by atoms with van der Waals surface area (Å²) in [6, 6.07) is 9.63. The molecule has 0 bridgehead atoms. The molecule has 1 aromatic rings. The van der Waals surface area contributed by atoms with Gasteiger partial charge in [-0.05, 0) is 29.5 Å². The molecule has 1 unspecified atom stereocenters. The Balaban J connectivity index is 3.35. The van der Waals surface area contributed by atoms with Gasteiger partial charge in [-0.15, -0.1) is 0 Å². The maximum atomic E-state index is 12.1. The molecule has 0 saturated carbocycles. The van der Waals surface area contributed by atoms with Gasteiger partial charge in [0.25, 0.3) is 0 Å². The smallest absolute Gasteiger partial charge is 0.235 e. The van der Waals surface area contributed by atoms with Gasteiger partial charge in [-0.2, -0.15) is 0 Å². The van der Waals surface area contributed by atoms with Crippen molar-refractivity contribution in [3.8, 4) is 0 Å². The number of halogens is 1. The van der Waals surface area contributed by atoms with Crippen LogP contribution in [0.3, 0.4) is 0 Å². The summed E-state index contributed by atoms with van der Waals surface area (Å²) in [5.41, 5.74) is -0.222. The van der Waals surface area contributed by atoms with Crippen LogP contribution in [0.2, 0.25) is 0 Å². The molecule has 0 N–H and O–H groups in total. The first-order valence-corrected chi connectivity index (χ1v) is 6.57. The van der Waals surface area contributed by atoms with Crippen molar-refractivity contribution < 1.29 is 9.53 Å². The highest BCUT2D eigenvalue weighted by Crippen LogP contribution is 2.43. The van der Waals surface area contributed by atoms with Crippen LogP contribution >= 0.6 is 11.6 Å². The van der Waals surface area contributed by atoms with Crippen molar-refractivity contribution in [2.75, 3.05) is 13.2 Å². The molecule has 0 saturated heterocycles. The van der Waals surface area contributed by atoms with E-state index in [0.29, 0.717) is 13.2 Å². The summed E-state index contributed by atoms with van der Waals surface area (Å²) in [5.74, 6) is 0. The Bertz CT molecular complexity index is 395. The Hall–Kier alpha value is -0.860. The fraction of sp³-hybridized carbons (Fsp3) is 0.533. The summed E-state index contributed by atoms with van der Waals surface area (Å²) in [5, 5.41) is -0.366. The molecule has 2 nitrogen and oxygen atoms in total. The van der Waals surface area contributed by atoms with Gasteiger partial charge in [-0.25, -0.2) is 0 Å². The minimum absolute atomic E-state index is 0.305. The summed E-state index contributed by atoms with van der Waals surface area (Å²) in [4.78, 5) is 12.1. The molecule has 0 spiro atoms. The van der Waals surface area contributed by atoms with Crippen molar-refractivity contribution in [2.24, 2.45) is 5.41 Å². The van der Waals surface area contributed by atoms with Crippen LogP contribution in [0.25, 0.3) is 0 Å². The monoisotopic (exact) mass is 268 g/mol. The van der Waals surface area contributed by atoms with Gasteiger partial charge < -0.3 is 4.74 Å². The molecule has 100 valence electrons. The minimum Gasteiger partial charge on any atom is -0.380 e. The van der Waals surface area contributed by atoms with Crippen molar-refractivity contribution in [1.82, 2.24) is 0 Å². The molecule has 1 rings (SSSR count). The van der Waals surface area contributed by atoms with E-state index < -0.39 is 5.41 Å². The Morgan fingerprint density at radius 2 is 1.78 bits per heavy atom. The lowest BCUT2D eigenvalue weighted by molar-refractivity contribution is -0.124. The van der Waals surface area contributed by atoms with E-state index in [1.54, 1.807) is 0 Å². The van der Waals surface area contributed by atoms with E-state index in [9.17, 15) is 4.79 Å². The van der Waals surface area contributed by atoms with Gasteiger partial charge in [0.05, 0.1) is 12.0 Å². The van der Waals surface area contributed by atoms with Crippen LogP contribution in [0.4, 0.5) is 0 Å². The average Bonchev–Trinajstić information content (AvgIpc) is 2.29. The molecule has 18 heavy (non-hydrogen) atoms. The maximum Gasteiger partial charge on any atom is 0.235 e. The van der Waals surface area contributed by atoms with Gasteiger partial charge in [0.15, 0.2) is 0 Å². The van der Waals surface area contributed by atoms with Crippen LogP contribution < -0.4 is 0 Å². The summed E-state index contributed by atoms with van der Waals surface area (Å²) in [7, 11) is 0. The molecule has 1 aromatic carbocycles. The van der Waals surface area contributed by atoms with Crippen LogP contribution in [0.1, 0.15) is 33.3 Å². The zero-order valence-electron chi connectivity index (χ0n) is 11.5. The zero-order valence-corrected chi connectivity index (χ0v) is 12.3. The Morgan fingerprint density at radius 3 is 2.17 bits per heavy atom. The first kappa shape index (κ1) is 15.2. The number of ether oxygens (including phenoxy) is 1. The molecule has 0 aromatic heterocycles. The third-order valence-electron chi connectivity index (χ3n) is 3.41. The molecule has 0 radical (unpaired) electrons. The number of rotatable bonds is 5. The quantitative estimate of drug-likeness (QED) is 0.760. The maximum absolute atomic E-state index is 12.1. The Morgan fingerprint density at radius 1 is 1.22 bits per heavy atom.